The average molecular weight is 541 g/mol. The van der Waals surface area contributed by atoms with Crippen LogP contribution < -0.4 is 4.74 Å². The normalized spacial score (nSPS) is 17.7. The van der Waals surface area contributed by atoms with Crippen molar-refractivity contribution in [3.8, 4) is 5.75 Å². The maximum Gasteiger partial charge on any atom is 0.333 e. The van der Waals surface area contributed by atoms with E-state index in [4.69, 9.17) is 26.4 Å². The predicted molar refractivity (Wildman–Crippen MR) is 145 cm³/mol. The van der Waals surface area contributed by atoms with Gasteiger partial charge in [0.2, 0.25) is 0 Å². The number of esters is 1. The van der Waals surface area contributed by atoms with E-state index >= 15 is 0 Å². The van der Waals surface area contributed by atoms with E-state index in [1.165, 1.54) is 4.90 Å². The molecule has 0 bridgehead atoms. The van der Waals surface area contributed by atoms with Crippen molar-refractivity contribution in [3.63, 3.8) is 0 Å². The van der Waals surface area contributed by atoms with Gasteiger partial charge in [0.05, 0.1) is 24.7 Å². The molecule has 0 radical (unpaired) electrons. The van der Waals surface area contributed by atoms with E-state index in [-0.39, 0.29) is 25.0 Å². The van der Waals surface area contributed by atoms with Gasteiger partial charge >= 0.3 is 5.97 Å². The summed E-state index contributed by atoms with van der Waals surface area (Å²) < 4.78 is 16.6. The second kappa shape index (κ2) is 12.8. The number of morpholine rings is 1. The number of thiocarbonyl (C=S) groups is 1. The first-order valence-corrected chi connectivity index (χ1v) is 13.3. The maximum atomic E-state index is 13.4. The molecular formula is C27H28N2O6S2. The summed E-state index contributed by atoms with van der Waals surface area (Å²) in [6.07, 6.45) is 2.40. The first-order valence-electron chi connectivity index (χ1n) is 12.0. The molecule has 0 aromatic heterocycles. The van der Waals surface area contributed by atoms with Gasteiger partial charge in [-0.15, -0.1) is 0 Å². The standard InChI is InChI=1S/C27H28N2O6S2/c1-2-14-34-26(32)24(20-6-4-3-5-7-20)29-25(31)22(37-27(29)36)17-19-8-10-21(11-9-19)35-18-23(30)28-12-15-33-16-13-28/h3-11,17,24H,2,12-16,18H2,1H3/b22-17+. The molecule has 10 heteroatoms. The Labute approximate surface area is 225 Å². The van der Waals surface area contributed by atoms with Crippen molar-refractivity contribution in [1.29, 1.82) is 0 Å². The summed E-state index contributed by atoms with van der Waals surface area (Å²) in [4.78, 5) is 42.0. The molecule has 194 valence electrons. The zero-order chi connectivity index (χ0) is 26.2. The van der Waals surface area contributed by atoms with Gasteiger partial charge < -0.3 is 19.1 Å². The molecule has 0 spiro atoms. The van der Waals surface area contributed by atoms with Crippen LogP contribution in [0.1, 0.15) is 30.5 Å². The second-order valence-electron chi connectivity index (χ2n) is 8.38. The lowest BCUT2D eigenvalue weighted by atomic mass is 10.1. The van der Waals surface area contributed by atoms with E-state index in [9.17, 15) is 14.4 Å². The number of carbonyl (C=O) groups excluding carboxylic acids is 3. The topological polar surface area (TPSA) is 85.4 Å². The highest BCUT2D eigenvalue weighted by Gasteiger charge is 2.42. The number of carbonyl (C=O) groups is 3. The molecule has 0 N–H and O–H groups in total. The van der Waals surface area contributed by atoms with E-state index in [2.05, 4.69) is 0 Å². The van der Waals surface area contributed by atoms with Crippen molar-refractivity contribution in [3.05, 3.63) is 70.6 Å². The van der Waals surface area contributed by atoms with Gasteiger partial charge in [-0.2, -0.15) is 0 Å². The second-order valence-corrected chi connectivity index (χ2v) is 10.1. The number of hydrogen-bond acceptors (Lipinski definition) is 8. The molecule has 2 fully saturated rings. The van der Waals surface area contributed by atoms with E-state index in [1.807, 2.05) is 13.0 Å². The number of nitrogens with zero attached hydrogens (tertiary/aromatic N) is 2. The minimum Gasteiger partial charge on any atom is -0.484 e. The third-order valence-electron chi connectivity index (χ3n) is 5.77. The Morgan fingerprint density at radius 2 is 1.81 bits per heavy atom. The Morgan fingerprint density at radius 1 is 1.11 bits per heavy atom. The number of thioether (sulfide) groups is 1. The molecule has 8 nitrogen and oxygen atoms in total. The zero-order valence-corrected chi connectivity index (χ0v) is 22.1. The summed E-state index contributed by atoms with van der Waals surface area (Å²) in [6, 6.07) is 15.1. The molecule has 2 saturated heterocycles. The van der Waals surface area contributed by atoms with Crippen LogP contribution in [-0.2, 0) is 23.9 Å². The Kier molecular flexibility index (Phi) is 9.32. The Balaban J connectivity index is 1.44. The molecule has 1 unspecified atom stereocenters. The SMILES string of the molecule is CCCOC(=O)C(c1ccccc1)N1C(=O)/C(=C\c2ccc(OCC(=O)N3CCOCC3)cc2)SC1=S. The molecule has 0 saturated carbocycles. The van der Waals surface area contributed by atoms with Crippen LogP contribution in [-0.4, -0.2) is 71.4 Å². The van der Waals surface area contributed by atoms with E-state index in [0.29, 0.717) is 53.3 Å². The lowest BCUT2D eigenvalue weighted by molar-refractivity contribution is -0.151. The fraction of sp³-hybridized carbons (Fsp3) is 0.333. The fourth-order valence-corrected chi connectivity index (χ4v) is 5.18. The highest BCUT2D eigenvalue weighted by Crippen LogP contribution is 2.39. The molecule has 2 aliphatic heterocycles. The first-order chi connectivity index (χ1) is 18.0. The average Bonchev–Trinajstić information content (AvgIpc) is 3.20. The summed E-state index contributed by atoms with van der Waals surface area (Å²) in [5, 5.41) is 0. The van der Waals surface area contributed by atoms with Gasteiger partial charge in [-0.3, -0.25) is 14.5 Å². The lowest BCUT2D eigenvalue weighted by Crippen LogP contribution is -2.42. The third-order valence-corrected chi connectivity index (χ3v) is 7.10. The van der Waals surface area contributed by atoms with Crippen LogP contribution >= 0.6 is 24.0 Å². The highest BCUT2D eigenvalue weighted by atomic mass is 32.2. The first kappa shape index (κ1) is 26.8. The third kappa shape index (κ3) is 6.76. The Bertz CT molecular complexity index is 1160. The summed E-state index contributed by atoms with van der Waals surface area (Å²) >= 11 is 6.65. The number of ether oxygens (including phenoxy) is 3. The monoisotopic (exact) mass is 540 g/mol. The molecule has 2 aromatic rings. The smallest absolute Gasteiger partial charge is 0.333 e. The quantitative estimate of drug-likeness (QED) is 0.270. The molecule has 0 aliphatic carbocycles. The van der Waals surface area contributed by atoms with Crippen LogP contribution in [0, 0.1) is 0 Å². The molecule has 2 aromatic carbocycles. The fourth-order valence-electron chi connectivity index (χ4n) is 3.87. The summed E-state index contributed by atoms with van der Waals surface area (Å²) in [7, 11) is 0. The van der Waals surface area contributed by atoms with Crippen LogP contribution in [0.25, 0.3) is 6.08 Å². The maximum absolute atomic E-state index is 13.4. The van der Waals surface area contributed by atoms with E-state index in [1.54, 1.807) is 59.5 Å². The molecule has 37 heavy (non-hydrogen) atoms. The van der Waals surface area contributed by atoms with Crippen molar-refractivity contribution in [2.45, 2.75) is 19.4 Å². The number of benzene rings is 2. The largest absolute Gasteiger partial charge is 0.484 e. The molecule has 4 rings (SSSR count). The van der Waals surface area contributed by atoms with Crippen molar-refractivity contribution < 1.29 is 28.6 Å². The minimum absolute atomic E-state index is 0.0486. The minimum atomic E-state index is -0.953. The predicted octanol–water partition coefficient (Wildman–Crippen LogP) is 3.82. The van der Waals surface area contributed by atoms with Gasteiger partial charge in [-0.25, -0.2) is 4.79 Å². The summed E-state index contributed by atoms with van der Waals surface area (Å²) in [5.74, 6) is -0.400. The highest BCUT2D eigenvalue weighted by molar-refractivity contribution is 8.26. The molecule has 2 aliphatic rings. The van der Waals surface area contributed by atoms with Crippen molar-refractivity contribution in [2.24, 2.45) is 0 Å². The van der Waals surface area contributed by atoms with Crippen LogP contribution in [0.3, 0.4) is 0 Å². The Hall–Kier alpha value is -3.21. The van der Waals surface area contributed by atoms with Gasteiger partial charge in [-0.05, 0) is 35.8 Å². The molecule has 2 heterocycles. The van der Waals surface area contributed by atoms with Gasteiger partial charge in [-0.1, -0.05) is 73.4 Å². The van der Waals surface area contributed by atoms with E-state index < -0.39 is 12.0 Å². The van der Waals surface area contributed by atoms with Crippen molar-refractivity contribution in [2.75, 3.05) is 39.5 Å². The Morgan fingerprint density at radius 3 is 2.49 bits per heavy atom. The zero-order valence-electron chi connectivity index (χ0n) is 20.5. The lowest BCUT2D eigenvalue weighted by Gasteiger charge is -2.26. The van der Waals surface area contributed by atoms with Crippen LogP contribution in [0.5, 0.6) is 5.75 Å². The summed E-state index contributed by atoms with van der Waals surface area (Å²) in [6.45, 7) is 4.34. The molecule has 1 atom stereocenters. The van der Waals surface area contributed by atoms with Crippen LogP contribution in [0.2, 0.25) is 0 Å². The molecular weight excluding hydrogens is 512 g/mol. The number of amides is 2. The van der Waals surface area contributed by atoms with Crippen LogP contribution in [0.4, 0.5) is 0 Å². The van der Waals surface area contributed by atoms with Gasteiger partial charge in [0.15, 0.2) is 12.6 Å². The van der Waals surface area contributed by atoms with Crippen molar-refractivity contribution >= 4 is 52.2 Å². The molecule has 2 amide bonds. The van der Waals surface area contributed by atoms with Crippen LogP contribution in [0.15, 0.2) is 59.5 Å². The van der Waals surface area contributed by atoms with Gasteiger partial charge in [0, 0.05) is 13.1 Å². The van der Waals surface area contributed by atoms with Gasteiger partial charge in [0.1, 0.15) is 10.1 Å². The van der Waals surface area contributed by atoms with Crippen molar-refractivity contribution in [1.82, 2.24) is 9.80 Å². The number of rotatable bonds is 9. The summed E-state index contributed by atoms with van der Waals surface area (Å²) in [5.41, 5.74) is 1.39. The number of hydrogen-bond donors (Lipinski definition) is 0. The van der Waals surface area contributed by atoms with E-state index in [0.717, 1.165) is 17.3 Å². The van der Waals surface area contributed by atoms with Gasteiger partial charge in [0.25, 0.3) is 11.8 Å².